The van der Waals surface area contributed by atoms with E-state index in [0.717, 1.165) is 34.6 Å². The molecule has 24 heavy (non-hydrogen) atoms. The van der Waals surface area contributed by atoms with Crippen LogP contribution in [-0.2, 0) is 16.0 Å². The number of nitrogens with zero attached hydrogens (tertiary/aromatic N) is 1. The summed E-state index contributed by atoms with van der Waals surface area (Å²) in [6, 6.07) is 6.15. The summed E-state index contributed by atoms with van der Waals surface area (Å²) in [6.45, 7) is 2.03. The van der Waals surface area contributed by atoms with Crippen molar-refractivity contribution in [1.29, 1.82) is 0 Å². The second-order valence-corrected chi connectivity index (χ2v) is 6.87. The van der Waals surface area contributed by atoms with Crippen molar-refractivity contribution in [2.75, 3.05) is 26.9 Å². The van der Waals surface area contributed by atoms with Gasteiger partial charge in [-0.05, 0) is 30.0 Å². The summed E-state index contributed by atoms with van der Waals surface area (Å²) in [7, 11) is 1.67. The smallest absolute Gasteiger partial charge is 0.227 e. The van der Waals surface area contributed by atoms with Crippen LogP contribution in [0.1, 0.15) is 24.8 Å². The van der Waals surface area contributed by atoms with Crippen LogP contribution in [0.2, 0.25) is 0 Å². The first-order valence-electron chi connectivity index (χ1n) is 8.76. The van der Waals surface area contributed by atoms with Gasteiger partial charge in [0.2, 0.25) is 5.91 Å². The molecule has 1 aromatic heterocycles. The van der Waals surface area contributed by atoms with E-state index in [9.17, 15) is 4.79 Å². The topological polar surface area (TPSA) is 54.6 Å². The number of aromatic nitrogens is 1. The molecular weight excluding hydrogens is 304 g/mol. The standard InChI is InChI=1S/C19H24N2O3/c1-23-17-4-2-3-16-19(17)14(11-20-16)10-18(22)21-7-8-24-12-15(21)9-13-5-6-13/h2-4,11,13,15,20H,5-10,12H2,1H3. The molecule has 1 amide bonds. The van der Waals surface area contributed by atoms with Crippen molar-refractivity contribution in [2.45, 2.75) is 31.7 Å². The van der Waals surface area contributed by atoms with Crippen molar-refractivity contribution in [3.05, 3.63) is 30.0 Å². The number of hydrogen-bond donors (Lipinski definition) is 1. The van der Waals surface area contributed by atoms with Gasteiger partial charge in [-0.3, -0.25) is 4.79 Å². The third-order valence-electron chi connectivity index (χ3n) is 5.16. The summed E-state index contributed by atoms with van der Waals surface area (Å²) >= 11 is 0. The minimum atomic E-state index is 0.191. The molecule has 1 saturated carbocycles. The number of morpholine rings is 1. The van der Waals surface area contributed by atoms with Gasteiger partial charge in [0.25, 0.3) is 0 Å². The molecule has 128 valence electrons. The van der Waals surface area contributed by atoms with E-state index in [-0.39, 0.29) is 11.9 Å². The van der Waals surface area contributed by atoms with Crippen molar-refractivity contribution in [1.82, 2.24) is 9.88 Å². The number of hydrogen-bond acceptors (Lipinski definition) is 3. The van der Waals surface area contributed by atoms with Gasteiger partial charge in [-0.25, -0.2) is 0 Å². The molecular formula is C19H24N2O3. The number of amides is 1. The van der Waals surface area contributed by atoms with Gasteiger partial charge in [0, 0.05) is 23.6 Å². The minimum Gasteiger partial charge on any atom is -0.496 e. The highest BCUT2D eigenvalue weighted by atomic mass is 16.5. The number of nitrogens with one attached hydrogen (secondary N) is 1. The summed E-state index contributed by atoms with van der Waals surface area (Å²) in [6.07, 6.45) is 6.03. The zero-order valence-electron chi connectivity index (χ0n) is 14.1. The van der Waals surface area contributed by atoms with Crippen molar-refractivity contribution < 1.29 is 14.3 Å². The SMILES string of the molecule is COc1cccc2[nH]cc(CC(=O)N3CCOCC3CC3CC3)c12. The molecule has 2 aromatic rings. The Hall–Kier alpha value is -2.01. The first-order valence-corrected chi connectivity index (χ1v) is 8.76. The van der Waals surface area contributed by atoms with Crippen molar-refractivity contribution in [3.63, 3.8) is 0 Å². The van der Waals surface area contributed by atoms with Crippen LogP contribution in [-0.4, -0.2) is 48.7 Å². The predicted molar refractivity (Wildman–Crippen MR) is 92.2 cm³/mol. The highest BCUT2D eigenvalue weighted by Crippen LogP contribution is 2.35. The number of carbonyl (C=O) groups is 1. The number of fused-ring (bicyclic) bond motifs is 1. The van der Waals surface area contributed by atoms with Crippen LogP contribution >= 0.6 is 0 Å². The minimum absolute atomic E-state index is 0.191. The molecule has 1 aliphatic heterocycles. The lowest BCUT2D eigenvalue weighted by Crippen LogP contribution is -2.49. The second kappa shape index (κ2) is 6.48. The van der Waals surface area contributed by atoms with Crippen LogP contribution in [0, 0.1) is 5.92 Å². The van der Waals surface area contributed by atoms with E-state index >= 15 is 0 Å². The molecule has 0 spiro atoms. The van der Waals surface area contributed by atoms with Gasteiger partial charge in [-0.15, -0.1) is 0 Å². The number of H-pyrrole nitrogens is 1. The summed E-state index contributed by atoms with van der Waals surface area (Å²) < 4.78 is 11.1. The summed E-state index contributed by atoms with van der Waals surface area (Å²) in [5.41, 5.74) is 2.01. The number of aromatic amines is 1. The molecule has 1 unspecified atom stereocenters. The normalized spacial score (nSPS) is 21.2. The third-order valence-corrected chi connectivity index (χ3v) is 5.16. The van der Waals surface area contributed by atoms with E-state index in [4.69, 9.17) is 9.47 Å². The highest BCUT2D eigenvalue weighted by Gasteiger charge is 2.33. The summed E-state index contributed by atoms with van der Waals surface area (Å²) in [5, 5.41) is 1.01. The first-order chi connectivity index (χ1) is 11.8. The lowest BCUT2D eigenvalue weighted by atomic mass is 10.0. The molecule has 0 radical (unpaired) electrons. The second-order valence-electron chi connectivity index (χ2n) is 6.87. The molecule has 1 aromatic carbocycles. The largest absolute Gasteiger partial charge is 0.496 e. The van der Waals surface area contributed by atoms with Gasteiger partial charge in [-0.2, -0.15) is 0 Å². The van der Waals surface area contributed by atoms with Crippen LogP contribution in [0.5, 0.6) is 5.75 Å². The molecule has 0 bridgehead atoms. The van der Waals surface area contributed by atoms with Gasteiger partial charge < -0.3 is 19.4 Å². The Kier molecular flexibility index (Phi) is 4.19. The molecule has 1 atom stereocenters. The van der Waals surface area contributed by atoms with Crippen molar-refractivity contribution in [2.24, 2.45) is 5.92 Å². The van der Waals surface area contributed by atoms with Crippen LogP contribution < -0.4 is 4.74 Å². The molecule has 4 rings (SSSR count). The molecule has 2 fully saturated rings. The fourth-order valence-electron chi connectivity index (χ4n) is 3.71. The zero-order valence-corrected chi connectivity index (χ0v) is 14.1. The van der Waals surface area contributed by atoms with Crippen LogP contribution in [0.25, 0.3) is 10.9 Å². The molecule has 5 heteroatoms. The molecule has 2 heterocycles. The van der Waals surface area contributed by atoms with Crippen LogP contribution in [0.15, 0.2) is 24.4 Å². The van der Waals surface area contributed by atoms with E-state index in [1.165, 1.54) is 12.8 Å². The average molecular weight is 328 g/mol. The molecule has 1 saturated heterocycles. The van der Waals surface area contributed by atoms with Gasteiger partial charge in [0.15, 0.2) is 0 Å². The summed E-state index contributed by atoms with van der Waals surface area (Å²) in [5.74, 6) is 1.80. The predicted octanol–water partition coefficient (Wildman–Crippen LogP) is 2.75. The van der Waals surface area contributed by atoms with E-state index < -0.39 is 0 Å². The average Bonchev–Trinajstić information content (AvgIpc) is 3.33. The third kappa shape index (κ3) is 3.00. The molecule has 2 aliphatic rings. The number of methoxy groups -OCH3 is 1. The Morgan fingerprint density at radius 3 is 3.08 bits per heavy atom. The Morgan fingerprint density at radius 1 is 1.42 bits per heavy atom. The van der Waals surface area contributed by atoms with Crippen LogP contribution in [0.3, 0.4) is 0 Å². The summed E-state index contributed by atoms with van der Waals surface area (Å²) in [4.78, 5) is 18.2. The Labute approximate surface area is 141 Å². The Morgan fingerprint density at radius 2 is 2.29 bits per heavy atom. The van der Waals surface area contributed by atoms with Gasteiger partial charge in [0.1, 0.15) is 5.75 Å². The molecule has 5 nitrogen and oxygen atoms in total. The van der Waals surface area contributed by atoms with Crippen molar-refractivity contribution in [3.8, 4) is 5.75 Å². The monoisotopic (exact) mass is 328 g/mol. The zero-order chi connectivity index (χ0) is 16.5. The lowest BCUT2D eigenvalue weighted by Gasteiger charge is -2.36. The maximum Gasteiger partial charge on any atom is 0.227 e. The molecule has 1 aliphatic carbocycles. The highest BCUT2D eigenvalue weighted by molar-refractivity contribution is 5.93. The molecule has 1 N–H and O–H groups in total. The van der Waals surface area contributed by atoms with Gasteiger partial charge in [0.05, 0.1) is 32.8 Å². The Bertz CT molecular complexity index is 735. The van der Waals surface area contributed by atoms with Gasteiger partial charge in [-0.1, -0.05) is 18.9 Å². The van der Waals surface area contributed by atoms with E-state index in [1.54, 1.807) is 7.11 Å². The number of carbonyl (C=O) groups excluding carboxylic acids is 1. The fraction of sp³-hybridized carbons (Fsp3) is 0.526. The van der Waals surface area contributed by atoms with E-state index in [2.05, 4.69) is 4.98 Å². The maximum absolute atomic E-state index is 12.9. The lowest BCUT2D eigenvalue weighted by molar-refractivity contribution is -0.139. The van der Waals surface area contributed by atoms with Crippen molar-refractivity contribution >= 4 is 16.8 Å². The number of benzene rings is 1. The van der Waals surface area contributed by atoms with Gasteiger partial charge >= 0.3 is 0 Å². The van der Waals surface area contributed by atoms with Crippen LogP contribution in [0.4, 0.5) is 0 Å². The first kappa shape index (κ1) is 15.5. The van der Waals surface area contributed by atoms with E-state index in [1.807, 2.05) is 29.3 Å². The number of ether oxygens (including phenoxy) is 2. The van der Waals surface area contributed by atoms with E-state index in [0.29, 0.717) is 26.2 Å². The quantitative estimate of drug-likeness (QED) is 0.918. The fourth-order valence-corrected chi connectivity index (χ4v) is 3.71. The maximum atomic E-state index is 12.9. The Balaban J connectivity index is 1.54. The number of rotatable bonds is 5.